The average Bonchev–Trinajstić information content (AvgIpc) is 3.11. The van der Waals surface area contributed by atoms with Crippen LogP contribution in [0.25, 0.3) is 11.3 Å². The Morgan fingerprint density at radius 2 is 1.55 bits per heavy atom. The second-order valence-corrected chi connectivity index (χ2v) is 6.44. The second kappa shape index (κ2) is 8.40. The lowest BCUT2D eigenvalue weighted by molar-refractivity contribution is -0.143. The molecule has 0 aliphatic heterocycles. The van der Waals surface area contributed by atoms with Crippen LogP contribution in [0.4, 0.5) is 26.3 Å². The van der Waals surface area contributed by atoms with Gasteiger partial charge in [0, 0.05) is 5.56 Å². The number of carbonyl (C=O) groups excluding carboxylic acids is 1. The highest BCUT2D eigenvalue weighted by Crippen LogP contribution is 2.36. The molecule has 0 saturated heterocycles. The molecule has 0 spiro atoms. The monoisotopic (exact) mass is 443 g/mol. The summed E-state index contributed by atoms with van der Waals surface area (Å²) < 4.78 is 84.9. The first-order valence-corrected chi connectivity index (χ1v) is 8.95. The van der Waals surface area contributed by atoms with Crippen LogP contribution < -0.4 is 0 Å². The number of carbonyl (C=O) groups is 1. The summed E-state index contributed by atoms with van der Waals surface area (Å²) in [6, 6.07) is 9.46. The first kappa shape index (κ1) is 22.3. The van der Waals surface area contributed by atoms with Gasteiger partial charge in [-0.1, -0.05) is 35.5 Å². The van der Waals surface area contributed by atoms with Gasteiger partial charge in [0.1, 0.15) is 5.69 Å². The second-order valence-electron chi connectivity index (χ2n) is 6.44. The Hall–Kier alpha value is -3.37. The fraction of sp³-hybridized carbons (Fsp3) is 0.250. The normalized spacial score (nSPS) is 12.1. The van der Waals surface area contributed by atoms with E-state index >= 15 is 0 Å². The van der Waals surface area contributed by atoms with Crippen LogP contribution in [0.15, 0.2) is 48.5 Å². The summed E-state index contributed by atoms with van der Waals surface area (Å²) >= 11 is 0. The van der Waals surface area contributed by atoms with Gasteiger partial charge in [-0.05, 0) is 30.7 Å². The smallest absolute Gasteiger partial charge is 0.416 e. The van der Waals surface area contributed by atoms with Crippen LogP contribution in [-0.2, 0) is 23.6 Å². The zero-order valence-corrected chi connectivity index (χ0v) is 16.0. The van der Waals surface area contributed by atoms with Crippen molar-refractivity contribution < 1.29 is 35.9 Å². The number of rotatable bonds is 5. The standard InChI is InChI=1S/C20H15F6N3O2/c1-2-31-18(30)16-17(13-6-4-3-5-7-13)29(28-27-16)11-12-8-14(19(21,22)23)10-15(9-12)20(24,25)26/h3-10H,2,11H2,1H3. The van der Waals surface area contributed by atoms with Gasteiger partial charge in [-0.3, -0.25) is 0 Å². The number of nitrogens with zero attached hydrogens (tertiary/aromatic N) is 3. The van der Waals surface area contributed by atoms with Gasteiger partial charge in [0.15, 0.2) is 5.69 Å². The highest BCUT2D eigenvalue weighted by atomic mass is 19.4. The zero-order valence-electron chi connectivity index (χ0n) is 16.0. The molecule has 3 rings (SSSR count). The first-order valence-electron chi connectivity index (χ1n) is 8.95. The zero-order chi connectivity index (χ0) is 22.8. The van der Waals surface area contributed by atoms with Crippen molar-refractivity contribution >= 4 is 5.97 Å². The van der Waals surface area contributed by atoms with Crippen molar-refractivity contribution in [2.24, 2.45) is 0 Å². The predicted molar refractivity (Wildman–Crippen MR) is 97.0 cm³/mol. The van der Waals surface area contributed by atoms with Crippen LogP contribution in [0.5, 0.6) is 0 Å². The maximum absolute atomic E-state index is 13.2. The van der Waals surface area contributed by atoms with E-state index in [0.29, 0.717) is 17.7 Å². The van der Waals surface area contributed by atoms with E-state index in [-0.39, 0.29) is 29.6 Å². The van der Waals surface area contributed by atoms with Crippen LogP contribution >= 0.6 is 0 Å². The SMILES string of the molecule is CCOC(=O)c1nnn(Cc2cc(C(F)(F)F)cc(C(F)(F)F)c2)c1-c1ccccc1. The number of aromatic nitrogens is 3. The molecular weight excluding hydrogens is 428 g/mol. The summed E-state index contributed by atoms with van der Waals surface area (Å²) in [6.07, 6.45) is -9.95. The number of halogens is 6. The molecule has 31 heavy (non-hydrogen) atoms. The van der Waals surface area contributed by atoms with E-state index in [1.54, 1.807) is 37.3 Å². The van der Waals surface area contributed by atoms with E-state index in [9.17, 15) is 31.1 Å². The van der Waals surface area contributed by atoms with Gasteiger partial charge < -0.3 is 4.74 Å². The first-order chi connectivity index (χ1) is 14.5. The van der Waals surface area contributed by atoms with E-state index in [1.807, 2.05) is 0 Å². The summed E-state index contributed by atoms with van der Waals surface area (Å²) in [5.74, 6) is -0.812. The highest BCUT2D eigenvalue weighted by Gasteiger charge is 2.37. The average molecular weight is 443 g/mol. The van der Waals surface area contributed by atoms with Crippen LogP contribution in [0.3, 0.4) is 0 Å². The third kappa shape index (κ3) is 5.04. The van der Waals surface area contributed by atoms with Crippen molar-refractivity contribution in [2.45, 2.75) is 25.8 Å². The van der Waals surface area contributed by atoms with Gasteiger partial charge in [-0.2, -0.15) is 26.3 Å². The highest BCUT2D eigenvalue weighted by molar-refractivity contribution is 5.94. The maximum Gasteiger partial charge on any atom is 0.416 e. The van der Waals surface area contributed by atoms with Crippen molar-refractivity contribution in [1.82, 2.24) is 15.0 Å². The lowest BCUT2D eigenvalue weighted by Gasteiger charge is -2.15. The molecule has 0 fully saturated rings. The predicted octanol–water partition coefficient (Wildman–Crippen LogP) is 5.21. The molecule has 0 aliphatic rings. The Kier molecular flexibility index (Phi) is 6.05. The quantitative estimate of drug-likeness (QED) is 0.402. The third-order valence-corrected chi connectivity index (χ3v) is 4.23. The van der Waals surface area contributed by atoms with Gasteiger partial charge in [0.2, 0.25) is 0 Å². The summed E-state index contributed by atoms with van der Waals surface area (Å²) in [5.41, 5.74) is -2.83. The van der Waals surface area contributed by atoms with Gasteiger partial charge in [-0.25, -0.2) is 9.48 Å². The molecule has 3 aromatic rings. The fourth-order valence-corrected chi connectivity index (χ4v) is 2.93. The number of hydrogen-bond acceptors (Lipinski definition) is 4. The fourth-order valence-electron chi connectivity index (χ4n) is 2.93. The van der Waals surface area contributed by atoms with E-state index < -0.39 is 36.0 Å². The molecule has 2 aromatic carbocycles. The minimum absolute atomic E-state index is 0.0441. The van der Waals surface area contributed by atoms with Crippen molar-refractivity contribution in [3.63, 3.8) is 0 Å². The molecule has 0 atom stereocenters. The number of esters is 1. The minimum Gasteiger partial charge on any atom is -0.461 e. The van der Waals surface area contributed by atoms with Crippen molar-refractivity contribution in [3.05, 3.63) is 70.9 Å². The van der Waals surface area contributed by atoms with E-state index in [0.717, 1.165) is 4.68 Å². The molecular formula is C20H15F6N3O2. The lowest BCUT2D eigenvalue weighted by atomic mass is 10.0. The Labute approximate surface area is 172 Å². The third-order valence-electron chi connectivity index (χ3n) is 4.23. The molecule has 0 N–H and O–H groups in total. The molecule has 5 nitrogen and oxygen atoms in total. The number of alkyl halides is 6. The molecule has 1 aromatic heterocycles. The van der Waals surface area contributed by atoms with Gasteiger partial charge >= 0.3 is 18.3 Å². The van der Waals surface area contributed by atoms with Crippen LogP contribution in [0.1, 0.15) is 34.1 Å². The minimum atomic E-state index is -4.98. The van der Waals surface area contributed by atoms with Crippen LogP contribution in [0.2, 0.25) is 0 Å². The van der Waals surface area contributed by atoms with E-state index in [2.05, 4.69) is 10.3 Å². The molecule has 0 saturated carbocycles. The summed E-state index contributed by atoms with van der Waals surface area (Å²) in [5, 5.41) is 7.52. The summed E-state index contributed by atoms with van der Waals surface area (Å²) in [6.45, 7) is 1.14. The number of ether oxygens (including phenoxy) is 1. The van der Waals surface area contributed by atoms with Crippen LogP contribution in [0, 0.1) is 0 Å². The van der Waals surface area contributed by atoms with Gasteiger partial charge in [0.05, 0.1) is 24.3 Å². The van der Waals surface area contributed by atoms with Crippen molar-refractivity contribution in [1.29, 1.82) is 0 Å². The van der Waals surface area contributed by atoms with E-state index in [1.165, 1.54) is 0 Å². The Bertz CT molecular complexity index is 1040. The van der Waals surface area contributed by atoms with Crippen LogP contribution in [-0.4, -0.2) is 27.6 Å². The number of benzene rings is 2. The molecule has 0 aliphatic carbocycles. The van der Waals surface area contributed by atoms with Crippen molar-refractivity contribution in [3.8, 4) is 11.3 Å². The molecule has 0 bridgehead atoms. The topological polar surface area (TPSA) is 57.0 Å². The summed E-state index contributed by atoms with van der Waals surface area (Å²) in [7, 11) is 0. The Morgan fingerprint density at radius 3 is 2.06 bits per heavy atom. The molecule has 11 heteroatoms. The Balaban J connectivity index is 2.12. The largest absolute Gasteiger partial charge is 0.461 e. The van der Waals surface area contributed by atoms with Gasteiger partial charge in [0.25, 0.3) is 0 Å². The van der Waals surface area contributed by atoms with E-state index in [4.69, 9.17) is 4.74 Å². The Morgan fingerprint density at radius 1 is 0.968 bits per heavy atom. The lowest BCUT2D eigenvalue weighted by Crippen LogP contribution is -2.14. The molecule has 1 heterocycles. The molecule has 0 radical (unpaired) electrons. The number of hydrogen-bond donors (Lipinski definition) is 0. The maximum atomic E-state index is 13.2. The summed E-state index contributed by atoms with van der Waals surface area (Å²) in [4.78, 5) is 12.2. The molecule has 0 unspecified atom stereocenters. The van der Waals surface area contributed by atoms with Crippen molar-refractivity contribution in [2.75, 3.05) is 6.61 Å². The van der Waals surface area contributed by atoms with Gasteiger partial charge in [-0.15, -0.1) is 5.10 Å². The molecule has 164 valence electrons. The molecule has 0 amide bonds.